The van der Waals surface area contributed by atoms with Gasteiger partial charge in [-0.25, -0.2) is 13.1 Å². The molecule has 1 heterocycles. The van der Waals surface area contributed by atoms with Crippen LogP contribution in [-0.4, -0.2) is 26.2 Å². The minimum Gasteiger partial charge on any atom is -0.395 e. The van der Waals surface area contributed by atoms with Crippen molar-refractivity contribution in [3.05, 3.63) is 14.9 Å². The van der Waals surface area contributed by atoms with Crippen LogP contribution >= 0.6 is 38.9 Å². The lowest BCUT2D eigenvalue weighted by molar-refractivity contribution is 0.265. The minimum absolute atomic E-state index is 0.125. The quantitative estimate of drug-likeness (QED) is 0.883. The van der Waals surface area contributed by atoms with E-state index in [1.54, 1.807) is 6.92 Å². The summed E-state index contributed by atoms with van der Waals surface area (Å²) in [4.78, 5) is 0. The zero-order chi connectivity index (χ0) is 11.6. The van der Waals surface area contributed by atoms with Gasteiger partial charge in [0, 0.05) is 6.04 Å². The molecule has 86 valence electrons. The highest BCUT2D eigenvalue weighted by atomic mass is 79.9. The average Bonchev–Trinajstić information content (AvgIpc) is 2.47. The van der Waals surface area contributed by atoms with E-state index >= 15 is 0 Å². The number of aliphatic hydroxyl groups excluding tert-OH is 1. The molecule has 0 aromatic carbocycles. The first kappa shape index (κ1) is 13.4. The summed E-state index contributed by atoms with van der Waals surface area (Å²) in [6, 6.07) is 0.845. The van der Waals surface area contributed by atoms with Gasteiger partial charge in [-0.05, 0) is 28.9 Å². The number of hydrogen-bond donors (Lipinski definition) is 2. The van der Waals surface area contributed by atoms with Gasteiger partial charge in [-0.2, -0.15) is 0 Å². The van der Waals surface area contributed by atoms with E-state index in [0.717, 1.165) is 11.3 Å². The second-order valence-electron chi connectivity index (χ2n) is 2.89. The van der Waals surface area contributed by atoms with Gasteiger partial charge in [0.15, 0.2) is 0 Å². The van der Waals surface area contributed by atoms with Crippen molar-refractivity contribution in [2.24, 2.45) is 0 Å². The molecule has 15 heavy (non-hydrogen) atoms. The average molecular weight is 335 g/mol. The van der Waals surface area contributed by atoms with Gasteiger partial charge in [-0.3, -0.25) is 0 Å². The maximum Gasteiger partial charge on any atom is 0.250 e. The number of thiophene rings is 1. The van der Waals surface area contributed by atoms with Crippen LogP contribution in [0, 0.1) is 0 Å². The van der Waals surface area contributed by atoms with Crippen LogP contribution in [0.3, 0.4) is 0 Å². The Hall–Kier alpha value is 0.340. The molecule has 0 aliphatic heterocycles. The van der Waals surface area contributed by atoms with E-state index in [2.05, 4.69) is 20.7 Å². The lowest BCUT2D eigenvalue weighted by Gasteiger charge is -2.09. The molecular weight excluding hydrogens is 326 g/mol. The van der Waals surface area contributed by atoms with Crippen molar-refractivity contribution in [2.75, 3.05) is 6.61 Å². The number of hydrogen-bond acceptors (Lipinski definition) is 4. The number of rotatable bonds is 4. The summed E-state index contributed by atoms with van der Waals surface area (Å²) in [5.41, 5.74) is 0. The highest BCUT2D eigenvalue weighted by molar-refractivity contribution is 9.11. The monoisotopic (exact) mass is 333 g/mol. The maximum absolute atomic E-state index is 11.7. The van der Waals surface area contributed by atoms with Gasteiger partial charge in [0.2, 0.25) is 10.0 Å². The summed E-state index contributed by atoms with van der Waals surface area (Å²) < 4.78 is 26.4. The molecule has 0 saturated heterocycles. The van der Waals surface area contributed by atoms with E-state index in [1.807, 2.05) is 0 Å². The Morgan fingerprint density at radius 1 is 1.73 bits per heavy atom. The summed E-state index contributed by atoms with van der Waals surface area (Å²) >= 11 is 9.89. The van der Waals surface area contributed by atoms with Gasteiger partial charge < -0.3 is 5.11 Å². The van der Waals surface area contributed by atoms with Gasteiger partial charge in [-0.15, -0.1) is 11.3 Å². The summed E-state index contributed by atoms with van der Waals surface area (Å²) in [6.45, 7) is 1.32. The van der Waals surface area contributed by atoms with E-state index in [9.17, 15) is 8.42 Å². The zero-order valence-electron chi connectivity index (χ0n) is 7.70. The molecule has 0 aliphatic carbocycles. The lowest BCUT2D eigenvalue weighted by Crippen LogP contribution is -2.34. The fourth-order valence-electron chi connectivity index (χ4n) is 0.819. The summed E-state index contributed by atoms with van der Waals surface area (Å²) in [5, 5.41) is 9.10. The van der Waals surface area contributed by atoms with Crippen LogP contribution in [-0.2, 0) is 10.0 Å². The largest absolute Gasteiger partial charge is 0.395 e. The predicted octanol–water partition coefficient (Wildman–Crippen LogP) is 1.82. The van der Waals surface area contributed by atoms with Gasteiger partial charge >= 0.3 is 0 Å². The maximum atomic E-state index is 11.7. The highest BCUT2D eigenvalue weighted by Crippen LogP contribution is 2.34. The van der Waals surface area contributed by atoms with Gasteiger partial charge in [0.1, 0.15) is 4.21 Å². The summed E-state index contributed by atoms with van der Waals surface area (Å²) in [6.07, 6.45) is 0. The Morgan fingerprint density at radius 3 is 2.73 bits per heavy atom. The second kappa shape index (κ2) is 5.11. The SMILES string of the molecule is C[C@@H](CO)NS(=O)(=O)c1cc(Cl)c(Br)s1. The third kappa shape index (κ3) is 3.40. The summed E-state index contributed by atoms with van der Waals surface area (Å²) in [7, 11) is -3.58. The molecule has 2 N–H and O–H groups in total. The lowest BCUT2D eigenvalue weighted by atomic mass is 10.4. The minimum atomic E-state index is -3.58. The van der Waals surface area contributed by atoms with Crippen LogP contribution < -0.4 is 4.72 Å². The molecule has 0 aliphatic rings. The molecule has 0 spiro atoms. The molecule has 0 saturated carbocycles. The van der Waals surface area contributed by atoms with Crippen LogP contribution in [0.4, 0.5) is 0 Å². The van der Waals surface area contributed by atoms with Crippen molar-refractivity contribution in [3.8, 4) is 0 Å². The van der Waals surface area contributed by atoms with E-state index in [1.165, 1.54) is 6.07 Å². The number of sulfonamides is 1. The third-order valence-corrected chi connectivity index (χ3v) is 6.06. The molecule has 1 atom stereocenters. The van der Waals surface area contributed by atoms with Crippen LogP contribution in [0.25, 0.3) is 0 Å². The fraction of sp³-hybridized carbons (Fsp3) is 0.429. The van der Waals surface area contributed by atoms with E-state index in [4.69, 9.17) is 16.7 Å². The molecule has 0 amide bonds. The van der Waals surface area contributed by atoms with Gasteiger partial charge in [-0.1, -0.05) is 11.6 Å². The first-order valence-electron chi connectivity index (χ1n) is 3.95. The predicted molar refractivity (Wildman–Crippen MR) is 63.9 cm³/mol. The molecular formula is C7H9BrClNO3S2. The van der Waals surface area contributed by atoms with Gasteiger partial charge in [0.25, 0.3) is 0 Å². The first-order chi connectivity index (χ1) is 6.86. The Morgan fingerprint density at radius 2 is 2.33 bits per heavy atom. The van der Waals surface area contributed by atoms with Gasteiger partial charge in [0.05, 0.1) is 15.4 Å². The van der Waals surface area contributed by atoms with Crippen LogP contribution in [0.5, 0.6) is 0 Å². The number of aliphatic hydroxyl groups is 1. The number of halogens is 2. The van der Waals surface area contributed by atoms with E-state index in [-0.39, 0.29) is 10.8 Å². The standard InChI is InChI=1S/C7H9BrClNO3S2/c1-4(3-11)10-15(12,13)6-2-5(9)7(8)14-6/h2,4,10-11H,3H2,1H3/t4-/m0/s1. The van der Waals surface area contributed by atoms with Crippen molar-refractivity contribution in [3.63, 3.8) is 0 Å². The second-order valence-corrected chi connectivity index (χ2v) is 7.61. The normalized spacial score (nSPS) is 14.1. The van der Waals surface area contributed by atoms with Crippen LogP contribution in [0.2, 0.25) is 5.02 Å². The smallest absolute Gasteiger partial charge is 0.250 e. The Balaban J connectivity index is 2.96. The van der Waals surface area contributed by atoms with Crippen molar-refractivity contribution in [1.82, 2.24) is 4.72 Å². The molecule has 0 fully saturated rings. The zero-order valence-corrected chi connectivity index (χ0v) is 11.7. The third-order valence-electron chi connectivity index (χ3n) is 1.52. The molecule has 1 aromatic rings. The van der Waals surface area contributed by atoms with E-state index in [0.29, 0.717) is 8.81 Å². The van der Waals surface area contributed by atoms with Crippen molar-refractivity contribution in [1.29, 1.82) is 0 Å². The van der Waals surface area contributed by atoms with Crippen LogP contribution in [0.1, 0.15) is 6.92 Å². The topological polar surface area (TPSA) is 66.4 Å². The molecule has 0 bridgehead atoms. The molecule has 1 aromatic heterocycles. The van der Waals surface area contributed by atoms with Crippen molar-refractivity contribution < 1.29 is 13.5 Å². The summed E-state index contributed by atoms with van der Waals surface area (Å²) in [5.74, 6) is 0. The first-order valence-corrected chi connectivity index (χ1v) is 7.42. The Labute approximate surface area is 105 Å². The molecule has 4 nitrogen and oxygen atoms in total. The molecule has 8 heteroatoms. The van der Waals surface area contributed by atoms with E-state index < -0.39 is 16.1 Å². The Bertz CT molecular complexity index is 426. The molecule has 0 radical (unpaired) electrons. The highest BCUT2D eigenvalue weighted by Gasteiger charge is 2.20. The molecule has 1 rings (SSSR count). The Kier molecular flexibility index (Phi) is 4.57. The molecule has 0 unspecified atom stereocenters. The number of nitrogens with one attached hydrogen (secondary N) is 1. The van der Waals surface area contributed by atoms with Crippen LogP contribution in [0.15, 0.2) is 14.1 Å². The van der Waals surface area contributed by atoms with Crippen molar-refractivity contribution in [2.45, 2.75) is 17.2 Å². The fourth-order valence-corrected chi connectivity index (χ4v) is 4.47. The van der Waals surface area contributed by atoms with Crippen molar-refractivity contribution >= 4 is 48.9 Å².